The van der Waals surface area contributed by atoms with Crippen LogP contribution >= 0.6 is 0 Å². The number of piperazine rings is 1. The highest BCUT2D eigenvalue weighted by atomic mass is 32.2. The Bertz CT molecular complexity index is 551. The third-order valence-corrected chi connectivity index (χ3v) is 4.25. The maximum Gasteiger partial charge on any atom is 0.241 e. The molecule has 1 saturated heterocycles. The van der Waals surface area contributed by atoms with E-state index >= 15 is 0 Å². The summed E-state index contributed by atoms with van der Waals surface area (Å²) in [7, 11) is -0.279. The summed E-state index contributed by atoms with van der Waals surface area (Å²) in [6.07, 6.45) is 0. The molecule has 1 fully saturated rings. The van der Waals surface area contributed by atoms with E-state index in [2.05, 4.69) is 16.8 Å². The van der Waals surface area contributed by atoms with Gasteiger partial charge in [-0.05, 0) is 25.2 Å². The van der Waals surface area contributed by atoms with Crippen LogP contribution in [0, 0.1) is 0 Å². The van der Waals surface area contributed by atoms with Gasteiger partial charge in [-0.2, -0.15) is 0 Å². The molecule has 19 heavy (non-hydrogen) atoms. The number of nitrogens with two attached hydrogens (primary N) is 1. The van der Waals surface area contributed by atoms with Crippen LogP contribution in [0.15, 0.2) is 23.1 Å². The van der Waals surface area contributed by atoms with Gasteiger partial charge in [0.25, 0.3) is 0 Å². The fourth-order valence-electron chi connectivity index (χ4n) is 2.15. The van der Waals surface area contributed by atoms with Crippen molar-refractivity contribution in [3.05, 3.63) is 18.2 Å². The molecule has 6 nitrogen and oxygen atoms in total. The number of sulfonamides is 1. The molecule has 2 N–H and O–H groups in total. The SMILES string of the molecule is COc1ccc(N2CCN(C)CC2)cc1S(N)(=O)=O. The largest absolute Gasteiger partial charge is 0.495 e. The third kappa shape index (κ3) is 3.17. The van der Waals surface area contributed by atoms with Crippen molar-refractivity contribution in [3.8, 4) is 5.75 Å². The van der Waals surface area contributed by atoms with Crippen molar-refractivity contribution in [2.24, 2.45) is 5.14 Å². The maximum absolute atomic E-state index is 11.6. The lowest BCUT2D eigenvalue weighted by Gasteiger charge is -2.34. The van der Waals surface area contributed by atoms with Gasteiger partial charge in [-0.15, -0.1) is 0 Å². The number of hydrogen-bond donors (Lipinski definition) is 1. The van der Waals surface area contributed by atoms with Crippen LogP contribution in [0.3, 0.4) is 0 Å². The van der Waals surface area contributed by atoms with E-state index in [1.807, 2.05) is 6.07 Å². The molecule has 0 spiro atoms. The van der Waals surface area contributed by atoms with Crippen molar-refractivity contribution in [1.29, 1.82) is 0 Å². The molecule has 0 aromatic heterocycles. The Morgan fingerprint density at radius 2 is 1.84 bits per heavy atom. The number of benzene rings is 1. The average molecular weight is 285 g/mol. The van der Waals surface area contributed by atoms with E-state index in [1.54, 1.807) is 12.1 Å². The second-order valence-corrected chi connectivity index (χ2v) is 6.20. The van der Waals surface area contributed by atoms with Gasteiger partial charge in [0, 0.05) is 31.9 Å². The molecule has 1 aromatic carbocycles. The number of primary sulfonamides is 1. The smallest absolute Gasteiger partial charge is 0.241 e. The van der Waals surface area contributed by atoms with E-state index in [1.165, 1.54) is 7.11 Å². The zero-order valence-electron chi connectivity index (χ0n) is 11.2. The average Bonchev–Trinajstić information content (AvgIpc) is 2.38. The second kappa shape index (κ2) is 5.36. The summed E-state index contributed by atoms with van der Waals surface area (Å²) in [5.41, 5.74) is 0.859. The van der Waals surface area contributed by atoms with Gasteiger partial charge in [-0.3, -0.25) is 0 Å². The molecule has 2 rings (SSSR count). The normalized spacial score (nSPS) is 17.5. The van der Waals surface area contributed by atoms with Gasteiger partial charge in [0.05, 0.1) is 7.11 Å². The minimum atomic E-state index is -3.78. The van der Waals surface area contributed by atoms with Gasteiger partial charge in [0.2, 0.25) is 10.0 Å². The Kier molecular flexibility index (Phi) is 3.98. The zero-order chi connectivity index (χ0) is 14.0. The van der Waals surface area contributed by atoms with Crippen molar-refractivity contribution < 1.29 is 13.2 Å². The van der Waals surface area contributed by atoms with Crippen LogP contribution in [0.2, 0.25) is 0 Å². The van der Waals surface area contributed by atoms with Gasteiger partial charge in [-0.25, -0.2) is 13.6 Å². The Hall–Kier alpha value is -1.31. The first kappa shape index (κ1) is 14.1. The lowest BCUT2D eigenvalue weighted by atomic mass is 10.2. The molecule has 0 amide bonds. The summed E-state index contributed by atoms with van der Waals surface area (Å²) in [5, 5.41) is 5.22. The molecule has 0 aliphatic carbocycles. The monoisotopic (exact) mass is 285 g/mol. The number of likely N-dealkylation sites (N-methyl/N-ethyl adjacent to an activating group) is 1. The molecular weight excluding hydrogens is 266 g/mol. The summed E-state index contributed by atoms with van der Waals surface area (Å²) in [5.74, 6) is 0.278. The highest BCUT2D eigenvalue weighted by Crippen LogP contribution is 2.28. The fourth-order valence-corrected chi connectivity index (χ4v) is 2.87. The quantitative estimate of drug-likeness (QED) is 0.852. The van der Waals surface area contributed by atoms with Crippen molar-refractivity contribution >= 4 is 15.7 Å². The van der Waals surface area contributed by atoms with Crippen LogP contribution in [0.4, 0.5) is 5.69 Å². The lowest BCUT2D eigenvalue weighted by Crippen LogP contribution is -2.44. The number of ether oxygens (including phenoxy) is 1. The molecule has 1 aliphatic rings. The van der Waals surface area contributed by atoms with Crippen molar-refractivity contribution in [3.63, 3.8) is 0 Å². The Morgan fingerprint density at radius 3 is 2.37 bits per heavy atom. The molecule has 1 aromatic rings. The summed E-state index contributed by atoms with van der Waals surface area (Å²) >= 11 is 0. The van der Waals surface area contributed by atoms with Crippen molar-refractivity contribution in [2.45, 2.75) is 4.90 Å². The van der Waals surface area contributed by atoms with Crippen LogP contribution in [-0.2, 0) is 10.0 Å². The van der Waals surface area contributed by atoms with E-state index in [4.69, 9.17) is 9.88 Å². The molecule has 0 bridgehead atoms. The Morgan fingerprint density at radius 1 is 1.21 bits per heavy atom. The Labute approximate surface area is 113 Å². The van der Waals surface area contributed by atoms with E-state index in [0.717, 1.165) is 31.9 Å². The van der Waals surface area contributed by atoms with Crippen LogP contribution < -0.4 is 14.8 Å². The van der Waals surface area contributed by atoms with Gasteiger partial charge in [0.15, 0.2) is 0 Å². The van der Waals surface area contributed by atoms with Crippen LogP contribution in [0.5, 0.6) is 5.75 Å². The predicted octanol–water partition coefficient (Wildman–Crippen LogP) is 0.0944. The molecule has 0 atom stereocenters. The highest BCUT2D eigenvalue weighted by Gasteiger charge is 2.19. The van der Waals surface area contributed by atoms with Gasteiger partial charge in [-0.1, -0.05) is 0 Å². The number of rotatable bonds is 3. The molecule has 1 aliphatic heterocycles. The van der Waals surface area contributed by atoms with E-state index < -0.39 is 10.0 Å². The second-order valence-electron chi connectivity index (χ2n) is 4.67. The molecular formula is C12H19N3O3S. The fraction of sp³-hybridized carbons (Fsp3) is 0.500. The summed E-state index contributed by atoms with van der Waals surface area (Å²) in [4.78, 5) is 4.42. The summed E-state index contributed by atoms with van der Waals surface area (Å²) in [6.45, 7) is 3.65. The van der Waals surface area contributed by atoms with E-state index in [-0.39, 0.29) is 10.6 Å². The molecule has 0 radical (unpaired) electrons. The lowest BCUT2D eigenvalue weighted by molar-refractivity contribution is 0.312. The molecule has 0 unspecified atom stereocenters. The predicted molar refractivity (Wildman–Crippen MR) is 74.1 cm³/mol. The van der Waals surface area contributed by atoms with E-state index in [9.17, 15) is 8.42 Å². The third-order valence-electron chi connectivity index (χ3n) is 3.32. The molecule has 0 saturated carbocycles. The number of nitrogens with zero attached hydrogens (tertiary/aromatic N) is 2. The van der Waals surface area contributed by atoms with Gasteiger partial charge >= 0.3 is 0 Å². The first-order chi connectivity index (χ1) is 8.91. The first-order valence-electron chi connectivity index (χ1n) is 6.06. The van der Waals surface area contributed by atoms with Crippen molar-refractivity contribution in [1.82, 2.24) is 4.90 Å². The van der Waals surface area contributed by atoms with Crippen LogP contribution in [0.25, 0.3) is 0 Å². The van der Waals surface area contributed by atoms with Crippen molar-refractivity contribution in [2.75, 3.05) is 45.2 Å². The maximum atomic E-state index is 11.6. The minimum Gasteiger partial charge on any atom is -0.495 e. The minimum absolute atomic E-state index is 0.0337. The number of anilines is 1. The molecule has 1 heterocycles. The van der Waals surface area contributed by atoms with Crippen LogP contribution in [0.1, 0.15) is 0 Å². The van der Waals surface area contributed by atoms with E-state index in [0.29, 0.717) is 0 Å². The standard InChI is InChI=1S/C12H19N3O3S/c1-14-5-7-15(8-6-14)10-3-4-11(18-2)12(9-10)19(13,16)17/h3-4,9H,5-8H2,1-2H3,(H2,13,16,17). The molecule has 7 heteroatoms. The zero-order valence-corrected chi connectivity index (χ0v) is 12.0. The van der Waals surface area contributed by atoms with Gasteiger partial charge < -0.3 is 14.5 Å². The Balaban J connectivity index is 2.33. The first-order valence-corrected chi connectivity index (χ1v) is 7.61. The topological polar surface area (TPSA) is 75.9 Å². The van der Waals surface area contributed by atoms with Gasteiger partial charge in [0.1, 0.15) is 10.6 Å². The summed E-state index contributed by atoms with van der Waals surface area (Å²) in [6, 6.07) is 5.09. The number of methoxy groups -OCH3 is 1. The highest BCUT2D eigenvalue weighted by molar-refractivity contribution is 7.89. The molecule has 106 valence electrons. The summed E-state index contributed by atoms with van der Waals surface area (Å²) < 4.78 is 28.2. The number of hydrogen-bond acceptors (Lipinski definition) is 5. The van der Waals surface area contributed by atoms with Crippen LogP contribution in [-0.4, -0.2) is 53.7 Å².